The lowest BCUT2D eigenvalue weighted by Gasteiger charge is -2.20. The molecule has 1 amide bonds. The lowest BCUT2D eigenvalue weighted by molar-refractivity contribution is -0.137. The van der Waals surface area contributed by atoms with Crippen LogP contribution in [0.4, 0.5) is 24.7 Å². The van der Waals surface area contributed by atoms with E-state index in [9.17, 15) is 18.0 Å². The normalized spacial score (nSPS) is 21.4. The molecular formula is C19H18F3N7O2. The molecule has 0 spiro atoms. The molecule has 3 aromatic heterocycles. The van der Waals surface area contributed by atoms with E-state index in [0.29, 0.717) is 24.3 Å². The van der Waals surface area contributed by atoms with E-state index in [1.807, 2.05) is 0 Å². The van der Waals surface area contributed by atoms with Crippen molar-refractivity contribution in [2.45, 2.75) is 30.9 Å². The number of nitrogens with one attached hydrogen (secondary N) is 2. The summed E-state index contributed by atoms with van der Waals surface area (Å²) < 4.78 is 45.7. The van der Waals surface area contributed by atoms with E-state index in [-0.39, 0.29) is 29.4 Å². The summed E-state index contributed by atoms with van der Waals surface area (Å²) in [4.78, 5) is 16.4. The second-order valence-corrected chi connectivity index (χ2v) is 7.78. The van der Waals surface area contributed by atoms with Crippen LogP contribution >= 0.6 is 0 Å². The van der Waals surface area contributed by atoms with Gasteiger partial charge < -0.3 is 15.1 Å². The summed E-state index contributed by atoms with van der Waals surface area (Å²) in [6, 6.07) is 2.16. The van der Waals surface area contributed by atoms with Crippen molar-refractivity contribution in [1.82, 2.24) is 30.3 Å². The topological polar surface area (TPSA) is 111 Å². The number of amides is 1. The SMILES string of the molecule is Cn1cc(Nc2ccc(C(F)(F)F)cn2)c(-c2nnc(C3(C4CC4)CCNC3=O)o2)n1. The van der Waals surface area contributed by atoms with Gasteiger partial charge in [0.05, 0.1) is 11.3 Å². The van der Waals surface area contributed by atoms with E-state index < -0.39 is 17.2 Å². The van der Waals surface area contributed by atoms with Gasteiger partial charge in [0, 0.05) is 26.0 Å². The molecule has 1 atom stereocenters. The van der Waals surface area contributed by atoms with Gasteiger partial charge in [-0.05, 0) is 37.3 Å². The average molecular weight is 433 g/mol. The Morgan fingerprint density at radius 3 is 2.71 bits per heavy atom. The van der Waals surface area contributed by atoms with Crippen LogP contribution in [0.5, 0.6) is 0 Å². The number of anilines is 2. The van der Waals surface area contributed by atoms with Gasteiger partial charge in [0.1, 0.15) is 11.2 Å². The van der Waals surface area contributed by atoms with Crippen molar-refractivity contribution in [3.05, 3.63) is 36.0 Å². The Morgan fingerprint density at radius 1 is 1.29 bits per heavy atom. The number of aromatic nitrogens is 5. The summed E-state index contributed by atoms with van der Waals surface area (Å²) in [6.07, 6.45) is 0.372. The monoisotopic (exact) mass is 433 g/mol. The molecule has 9 nitrogen and oxygen atoms in total. The summed E-state index contributed by atoms with van der Waals surface area (Å²) in [5, 5.41) is 18.4. The zero-order valence-electron chi connectivity index (χ0n) is 16.4. The lowest BCUT2D eigenvalue weighted by Crippen LogP contribution is -2.38. The molecule has 0 bridgehead atoms. The minimum absolute atomic E-state index is 0.0986. The summed E-state index contributed by atoms with van der Waals surface area (Å²) in [7, 11) is 1.68. The molecule has 162 valence electrons. The summed E-state index contributed by atoms with van der Waals surface area (Å²) in [5.41, 5.74) is -0.900. The number of hydrogen-bond acceptors (Lipinski definition) is 7. The minimum atomic E-state index is -4.46. The fourth-order valence-electron chi connectivity index (χ4n) is 4.00. The number of carbonyl (C=O) groups excluding carboxylic acids is 1. The maximum absolute atomic E-state index is 12.8. The molecule has 0 radical (unpaired) electrons. The minimum Gasteiger partial charge on any atom is -0.418 e. The zero-order valence-corrected chi connectivity index (χ0v) is 16.4. The first-order valence-electron chi connectivity index (χ1n) is 9.74. The molecule has 31 heavy (non-hydrogen) atoms. The lowest BCUT2D eigenvalue weighted by atomic mass is 9.81. The summed E-state index contributed by atoms with van der Waals surface area (Å²) >= 11 is 0. The molecule has 12 heteroatoms. The van der Waals surface area contributed by atoms with Crippen LogP contribution in [0.15, 0.2) is 28.9 Å². The van der Waals surface area contributed by atoms with Crippen molar-refractivity contribution in [3.8, 4) is 11.6 Å². The van der Waals surface area contributed by atoms with Crippen LogP contribution in [0.25, 0.3) is 11.6 Å². The Bertz CT molecular complexity index is 1130. The van der Waals surface area contributed by atoms with E-state index in [0.717, 1.165) is 25.1 Å². The highest BCUT2D eigenvalue weighted by Gasteiger charge is 2.58. The van der Waals surface area contributed by atoms with Crippen molar-refractivity contribution in [2.75, 3.05) is 11.9 Å². The highest BCUT2D eigenvalue weighted by Crippen LogP contribution is 2.51. The summed E-state index contributed by atoms with van der Waals surface area (Å²) in [5.74, 6) is 0.667. The van der Waals surface area contributed by atoms with Gasteiger partial charge in [-0.1, -0.05) is 0 Å². The van der Waals surface area contributed by atoms with Crippen molar-refractivity contribution < 1.29 is 22.4 Å². The molecule has 2 fully saturated rings. The van der Waals surface area contributed by atoms with E-state index >= 15 is 0 Å². The summed E-state index contributed by atoms with van der Waals surface area (Å²) in [6.45, 7) is 0.559. The number of rotatable bonds is 5. The first-order chi connectivity index (χ1) is 14.8. The molecule has 1 aliphatic carbocycles. The van der Waals surface area contributed by atoms with Crippen LogP contribution < -0.4 is 10.6 Å². The second-order valence-electron chi connectivity index (χ2n) is 7.78. The van der Waals surface area contributed by atoms with E-state index in [1.165, 1.54) is 10.7 Å². The number of nitrogens with zero attached hydrogens (tertiary/aromatic N) is 5. The molecule has 1 aliphatic heterocycles. The van der Waals surface area contributed by atoms with Crippen molar-refractivity contribution in [1.29, 1.82) is 0 Å². The Morgan fingerprint density at radius 2 is 2.10 bits per heavy atom. The Hall–Kier alpha value is -3.44. The maximum atomic E-state index is 12.8. The largest absolute Gasteiger partial charge is 0.418 e. The predicted molar refractivity (Wildman–Crippen MR) is 101 cm³/mol. The molecule has 2 N–H and O–H groups in total. The second kappa shape index (κ2) is 6.79. The number of aryl methyl sites for hydroxylation is 1. The molecule has 1 unspecified atom stereocenters. The quantitative estimate of drug-likeness (QED) is 0.637. The van der Waals surface area contributed by atoms with Crippen LogP contribution in [-0.2, 0) is 23.4 Å². The van der Waals surface area contributed by atoms with E-state index in [2.05, 4.69) is 30.9 Å². The van der Waals surface area contributed by atoms with E-state index in [4.69, 9.17) is 4.42 Å². The van der Waals surface area contributed by atoms with Gasteiger partial charge in [-0.2, -0.15) is 18.3 Å². The van der Waals surface area contributed by atoms with Gasteiger partial charge in [-0.25, -0.2) is 4.98 Å². The van der Waals surface area contributed by atoms with Gasteiger partial charge in [-0.3, -0.25) is 9.48 Å². The van der Waals surface area contributed by atoms with Gasteiger partial charge in [-0.15, -0.1) is 10.2 Å². The standard InChI is InChI=1S/C19H18F3N7O2/c1-29-9-12(25-13-5-4-11(8-24-13)19(20,21)22)14(28-29)15-26-27-17(31-15)18(10-2-3-10)6-7-23-16(18)30/h4-5,8-10H,2-3,6-7H2,1H3,(H,23,30)(H,24,25). The van der Waals surface area contributed by atoms with Crippen molar-refractivity contribution >= 4 is 17.4 Å². The molecule has 0 aromatic carbocycles. The van der Waals surface area contributed by atoms with Crippen LogP contribution in [0.1, 0.15) is 30.7 Å². The maximum Gasteiger partial charge on any atom is 0.417 e. The van der Waals surface area contributed by atoms with Gasteiger partial charge in [0.25, 0.3) is 5.89 Å². The van der Waals surface area contributed by atoms with Crippen molar-refractivity contribution in [2.24, 2.45) is 13.0 Å². The van der Waals surface area contributed by atoms with E-state index in [1.54, 1.807) is 13.2 Å². The average Bonchev–Trinajstić information content (AvgIpc) is 3.14. The molecule has 3 aromatic rings. The fourth-order valence-corrected chi connectivity index (χ4v) is 4.00. The molecule has 4 heterocycles. The molecule has 1 saturated carbocycles. The van der Waals surface area contributed by atoms with Gasteiger partial charge in [0.2, 0.25) is 11.8 Å². The number of pyridine rings is 1. The third-order valence-electron chi connectivity index (χ3n) is 5.68. The predicted octanol–water partition coefficient (Wildman–Crippen LogP) is 2.80. The molecule has 5 rings (SSSR count). The highest BCUT2D eigenvalue weighted by atomic mass is 19.4. The van der Waals surface area contributed by atoms with Gasteiger partial charge in [0.15, 0.2) is 5.69 Å². The highest BCUT2D eigenvalue weighted by molar-refractivity contribution is 5.90. The van der Waals surface area contributed by atoms with Gasteiger partial charge >= 0.3 is 6.18 Å². The van der Waals surface area contributed by atoms with Crippen LogP contribution in [-0.4, -0.2) is 37.4 Å². The number of alkyl halides is 3. The Labute approximate surface area is 174 Å². The molecule has 1 saturated heterocycles. The first kappa shape index (κ1) is 19.5. The zero-order chi connectivity index (χ0) is 21.8. The first-order valence-corrected chi connectivity index (χ1v) is 9.74. The van der Waals surface area contributed by atoms with Crippen LogP contribution in [0.2, 0.25) is 0 Å². The third kappa shape index (κ3) is 3.31. The Balaban J connectivity index is 1.45. The van der Waals surface area contributed by atoms with Crippen LogP contribution in [0, 0.1) is 5.92 Å². The molecule has 2 aliphatic rings. The smallest absolute Gasteiger partial charge is 0.417 e. The van der Waals surface area contributed by atoms with Crippen molar-refractivity contribution in [3.63, 3.8) is 0 Å². The van der Waals surface area contributed by atoms with Crippen LogP contribution in [0.3, 0.4) is 0 Å². The Kier molecular flexibility index (Phi) is 4.27. The number of halogens is 3. The fraction of sp³-hybridized carbons (Fsp3) is 0.421. The number of hydrogen-bond donors (Lipinski definition) is 2. The third-order valence-corrected chi connectivity index (χ3v) is 5.68. The number of carbonyl (C=O) groups is 1. The molecular weight excluding hydrogens is 415 g/mol.